The van der Waals surface area contributed by atoms with E-state index < -0.39 is 6.03 Å². The van der Waals surface area contributed by atoms with E-state index in [1.165, 1.54) is 28.7 Å². The van der Waals surface area contributed by atoms with Crippen molar-refractivity contribution in [1.82, 2.24) is 20.8 Å². The lowest BCUT2D eigenvalue weighted by Gasteiger charge is -2.06. The number of thioether (sulfide) groups is 1. The zero-order valence-electron chi connectivity index (χ0n) is 15.3. The number of urea groups is 1. The van der Waals surface area contributed by atoms with Crippen LogP contribution in [-0.4, -0.2) is 47.6 Å². The van der Waals surface area contributed by atoms with Gasteiger partial charge in [0.25, 0.3) is 0 Å². The summed E-state index contributed by atoms with van der Waals surface area (Å²) in [7, 11) is 0. The number of imide groups is 1. The minimum absolute atomic E-state index is 0.0888. The Bertz CT molecular complexity index is 736. The molecule has 146 valence electrons. The van der Waals surface area contributed by atoms with Gasteiger partial charge in [-0.05, 0) is 32.4 Å². The summed E-state index contributed by atoms with van der Waals surface area (Å²) in [4.78, 5) is 23.4. The first-order valence-electron chi connectivity index (χ1n) is 8.52. The van der Waals surface area contributed by atoms with Crippen LogP contribution < -0.4 is 16.0 Å². The molecule has 8 nitrogen and oxygen atoms in total. The van der Waals surface area contributed by atoms with Gasteiger partial charge in [-0.1, -0.05) is 40.8 Å². The lowest BCUT2D eigenvalue weighted by atomic mass is 10.2. The largest absolute Gasteiger partial charge is 0.382 e. The normalized spacial score (nSPS) is 10.4. The van der Waals surface area contributed by atoms with Crippen molar-refractivity contribution < 1.29 is 14.3 Å². The van der Waals surface area contributed by atoms with E-state index in [1.807, 2.05) is 38.1 Å². The van der Waals surface area contributed by atoms with Gasteiger partial charge in [-0.2, -0.15) is 0 Å². The van der Waals surface area contributed by atoms with Crippen LogP contribution in [0.5, 0.6) is 0 Å². The summed E-state index contributed by atoms with van der Waals surface area (Å²) >= 11 is 2.58. The van der Waals surface area contributed by atoms with Gasteiger partial charge in [0.05, 0.1) is 5.75 Å². The van der Waals surface area contributed by atoms with Gasteiger partial charge in [-0.15, -0.1) is 10.2 Å². The number of carbonyl (C=O) groups is 2. The smallest absolute Gasteiger partial charge is 0.321 e. The summed E-state index contributed by atoms with van der Waals surface area (Å²) < 4.78 is 5.82. The third-order valence-corrected chi connectivity index (χ3v) is 5.22. The molecule has 0 atom stereocenters. The molecule has 0 saturated carbocycles. The second kappa shape index (κ2) is 11.5. The third kappa shape index (κ3) is 8.37. The highest BCUT2D eigenvalue weighted by Crippen LogP contribution is 2.27. The average molecular weight is 410 g/mol. The summed E-state index contributed by atoms with van der Waals surface area (Å²) in [5.41, 5.74) is 2.10. The van der Waals surface area contributed by atoms with Crippen LogP contribution in [0.2, 0.25) is 0 Å². The maximum Gasteiger partial charge on any atom is 0.321 e. The molecule has 1 aromatic heterocycles. The quantitative estimate of drug-likeness (QED) is 0.409. The Balaban J connectivity index is 1.67. The maximum atomic E-state index is 11.8. The van der Waals surface area contributed by atoms with E-state index in [9.17, 15) is 9.59 Å². The van der Waals surface area contributed by atoms with Gasteiger partial charge in [0.15, 0.2) is 4.34 Å². The van der Waals surface area contributed by atoms with Crippen molar-refractivity contribution in [2.24, 2.45) is 0 Å². The van der Waals surface area contributed by atoms with Crippen LogP contribution >= 0.6 is 23.1 Å². The van der Waals surface area contributed by atoms with Gasteiger partial charge in [0.2, 0.25) is 11.0 Å². The topological polar surface area (TPSA) is 105 Å². The molecule has 0 aliphatic rings. The number of nitrogens with zero attached hydrogens (tertiary/aromatic N) is 2. The second-order valence-corrected chi connectivity index (χ2v) is 7.71. The number of rotatable bonds is 10. The summed E-state index contributed by atoms with van der Waals surface area (Å²) in [6, 6.07) is 7.43. The molecule has 0 bridgehead atoms. The molecule has 3 N–H and O–H groups in total. The predicted octanol–water partition coefficient (Wildman–Crippen LogP) is 2.93. The highest BCUT2D eigenvalue weighted by atomic mass is 32.2. The molecule has 0 aliphatic heterocycles. The van der Waals surface area contributed by atoms with Crippen molar-refractivity contribution in [3.63, 3.8) is 0 Å². The van der Waals surface area contributed by atoms with Gasteiger partial charge in [0, 0.05) is 25.4 Å². The predicted molar refractivity (Wildman–Crippen MR) is 108 cm³/mol. The molecule has 3 amide bonds. The minimum Gasteiger partial charge on any atom is -0.382 e. The van der Waals surface area contributed by atoms with Crippen molar-refractivity contribution in [3.8, 4) is 0 Å². The number of amides is 3. The summed E-state index contributed by atoms with van der Waals surface area (Å²) in [6.45, 7) is 5.62. The Morgan fingerprint density at radius 1 is 1.22 bits per heavy atom. The van der Waals surface area contributed by atoms with Crippen LogP contribution in [0.3, 0.4) is 0 Å². The zero-order valence-corrected chi connectivity index (χ0v) is 16.9. The molecule has 2 aromatic rings. The van der Waals surface area contributed by atoms with Crippen molar-refractivity contribution >= 4 is 45.9 Å². The highest BCUT2D eigenvalue weighted by molar-refractivity contribution is 8.01. The number of aromatic nitrogens is 2. The fourth-order valence-electron chi connectivity index (χ4n) is 1.93. The Morgan fingerprint density at radius 3 is 2.74 bits per heavy atom. The van der Waals surface area contributed by atoms with Crippen LogP contribution in [0.1, 0.15) is 18.9 Å². The first-order valence-corrected chi connectivity index (χ1v) is 10.3. The summed E-state index contributed by atoms with van der Waals surface area (Å²) in [6.07, 6.45) is 0.700. The number of carbonyl (C=O) groups excluding carboxylic acids is 2. The number of aryl methyl sites for hydroxylation is 1. The molecular formula is C17H23N5O3S2. The van der Waals surface area contributed by atoms with Crippen LogP contribution in [-0.2, 0) is 9.53 Å². The van der Waals surface area contributed by atoms with Gasteiger partial charge in [0.1, 0.15) is 0 Å². The van der Waals surface area contributed by atoms with Gasteiger partial charge in [-0.25, -0.2) is 4.79 Å². The van der Waals surface area contributed by atoms with E-state index in [0.717, 1.165) is 5.69 Å². The molecule has 0 fully saturated rings. The highest BCUT2D eigenvalue weighted by Gasteiger charge is 2.11. The molecule has 1 aromatic carbocycles. The Morgan fingerprint density at radius 2 is 2.00 bits per heavy atom. The van der Waals surface area contributed by atoms with E-state index in [1.54, 1.807) is 0 Å². The number of anilines is 2. The Labute approximate surface area is 166 Å². The third-order valence-electron chi connectivity index (χ3n) is 3.24. The fraction of sp³-hybridized carbons (Fsp3) is 0.412. The number of hydrogen-bond acceptors (Lipinski definition) is 8. The molecule has 0 aliphatic carbocycles. The van der Waals surface area contributed by atoms with Crippen LogP contribution in [0.25, 0.3) is 0 Å². The minimum atomic E-state index is -0.504. The van der Waals surface area contributed by atoms with E-state index in [0.29, 0.717) is 35.7 Å². The molecule has 1 heterocycles. The fourth-order valence-corrected chi connectivity index (χ4v) is 3.51. The van der Waals surface area contributed by atoms with E-state index in [4.69, 9.17) is 4.74 Å². The molecule has 0 unspecified atom stereocenters. The lowest BCUT2D eigenvalue weighted by molar-refractivity contribution is -0.117. The van der Waals surface area contributed by atoms with E-state index in [-0.39, 0.29) is 11.7 Å². The van der Waals surface area contributed by atoms with E-state index >= 15 is 0 Å². The first kappa shape index (κ1) is 21.1. The molecular weight excluding hydrogens is 386 g/mol. The number of benzene rings is 1. The van der Waals surface area contributed by atoms with Gasteiger partial charge in [-0.3, -0.25) is 10.1 Å². The standard InChI is InChI=1S/C17H23N5O3S2/c1-3-25-10-4-9-18-15(24)20-14(23)11-26-17-22-21-16(27-17)19-13-7-5-12(2)6-8-13/h5-8H,3-4,9-11H2,1-2H3,(H,19,21)(H2,18,20,23,24). The van der Waals surface area contributed by atoms with Gasteiger partial charge < -0.3 is 15.4 Å². The van der Waals surface area contributed by atoms with Crippen LogP contribution in [0.4, 0.5) is 15.6 Å². The zero-order chi connectivity index (χ0) is 19.5. The molecule has 2 rings (SSSR count). The molecule has 10 heteroatoms. The maximum absolute atomic E-state index is 11.8. The van der Waals surface area contributed by atoms with Gasteiger partial charge >= 0.3 is 6.03 Å². The van der Waals surface area contributed by atoms with Crippen molar-refractivity contribution in [3.05, 3.63) is 29.8 Å². The van der Waals surface area contributed by atoms with Crippen LogP contribution in [0, 0.1) is 6.92 Å². The number of ether oxygens (including phenoxy) is 1. The van der Waals surface area contributed by atoms with Crippen molar-refractivity contribution in [2.45, 2.75) is 24.6 Å². The summed E-state index contributed by atoms with van der Waals surface area (Å²) in [5, 5.41) is 16.8. The second-order valence-electron chi connectivity index (χ2n) is 5.51. The molecule has 0 radical (unpaired) electrons. The lowest BCUT2D eigenvalue weighted by Crippen LogP contribution is -2.40. The van der Waals surface area contributed by atoms with Crippen molar-refractivity contribution in [2.75, 3.05) is 30.8 Å². The molecule has 0 saturated heterocycles. The summed E-state index contributed by atoms with van der Waals surface area (Å²) in [5.74, 6) is -0.295. The van der Waals surface area contributed by atoms with E-state index in [2.05, 4.69) is 26.1 Å². The van der Waals surface area contributed by atoms with Crippen LogP contribution in [0.15, 0.2) is 28.6 Å². The number of nitrogens with one attached hydrogen (secondary N) is 3. The molecule has 27 heavy (non-hydrogen) atoms. The first-order chi connectivity index (χ1) is 13.1. The monoisotopic (exact) mass is 409 g/mol. The van der Waals surface area contributed by atoms with Crippen molar-refractivity contribution in [1.29, 1.82) is 0 Å². The SMILES string of the molecule is CCOCCCNC(=O)NC(=O)CSc1nnc(Nc2ccc(C)cc2)s1. The Hall–Kier alpha value is -2.17. The average Bonchev–Trinajstić information content (AvgIpc) is 3.09. The Kier molecular flexibility index (Phi) is 9.02. The number of hydrogen-bond donors (Lipinski definition) is 3. The molecule has 0 spiro atoms.